The number of hydrogen-bond acceptors (Lipinski definition) is 2. The zero-order chi connectivity index (χ0) is 10.7. The van der Waals surface area contributed by atoms with E-state index in [1.807, 2.05) is 19.1 Å². The zero-order valence-corrected chi connectivity index (χ0v) is 9.39. The highest BCUT2D eigenvalue weighted by Crippen LogP contribution is 2.27. The number of aryl methyl sites for hydroxylation is 1. The zero-order valence-electron chi connectivity index (χ0n) is 8.57. The molecule has 2 nitrogen and oxygen atoms in total. The number of carboxylic acid groups (broad SMARTS) is 1. The molecule has 0 spiro atoms. The van der Waals surface area contributed by atoms with E-state index in [1.54, 1.807) is 17.8 Å². The van der Waals surface area contributed by atoms with Gasteiger partial charge in [0.05, 0.1) is 5.56 Å². The van der Waals surface area contributed by atoms with Crippen LogP contribution in [0.4, 0.5) is 0 Å². The highest BCUT2D eigenvalue weighted by Gasteiger charge is 2.11. The summed E-state index contributed by atoms with van der Waals surface area (Å²) in [5.74, 6) is -0.854. The van der Waals surface area contributed by atoms with Crippen molar-refractivity contribution in [3.63, 3.8) is 0 Å². The van der Waals surface area contributed by atoms with Crippen LogP contribution in [0.2, 0.25) is 0 Å². The smallest absolute Gasteiger partial charge is 0.336 e. The van der Waals surface area contributed by atoms with Gasteiger partial charge in [0.2, 0.25) is 0 Å². The van der Waals surface area contributed by atoms with Crippen molar-refractivity contribution in [2.75, 3.05) is 0 Å². The molecule has 76 valence electrons. The van der Waals surface area contributed by atoms with Gasteiger partial charge >= 0.3 is 5.97 Å². The maximum Gasteiger partial charge on any atom is 0.336 e. The van der Waals surface area contributed by atoms with Crippen LogP contribution in [-0.2, 0) is 0 Å². The number of thioether (sulfide) groups is 1. The van der Waals surface area contributed by atoms with Gasteiger partial charge in [0.1, 0.15) is 0 Å². The highest BCUT2D eigenvalue weighted by molar-refractivity contribution is 8.00. The molecular weight excluding hydrogens is 196 g/mol. The Bertz CT molecular complexity index is 345. The number of aromatic carboxylic acids is 1. The lowest BCUT2D eigenvalue weighted by atomic mass is 10.1. The Labute approximate surface area is 88.3 Å². The third-order valence-corrected chi connectivity index (χ3v) is 2.79. The van der Waals surface area contributed by atoms with Gasteiger partial charge < -0.3 is 5.11 Å². The third kappa shape index (κ3) is 2.77. The molecule has 1 aromatic carbocycles. The van der Waals surface area contributed by atoms with Crippen molar-refractivity contribution in [1.29, 1.82) is 0 Å². The van der Waals surface area contributed by atoms with Gasteiger partial charge in [-0.05, 0) is 24.6 Å². The molecule has 0 unspecified atom stereocenters. The van der Waals surface area contributed by atoms with E-state index >= 15 is 0 Å². The Hall–Kier alpha value is -0.960. The minimum Gasteiger partial charge on any atom is -0.478 e. The Kier molecular flexibility index (Phi) is 3.58. The van der Waals surface area contributed by atoms with E-state index in [1.165, 1.54) is 0 Å². The summed E-state index contributed by atoms with van der Waals surface area (Å²) in [7, 11) is 0. The molecule has 1 N–H and O–H groups in total. The Balaban J connectivity index is 3.09. The van der Waals surface area contributed by atoms with Crippen molar-refractivity contribution in [3.05, 3.63) is 29.3 Å². The van der Waals surface area contributed by atoms with Crippen molar-refractivity contribution < 1.29 is 9.90 Å². The van der Waals surface area contributed by atoms with Crippen molar-refractivity contribution in [2.45, 2.75) is 30.9 Å². The second kappa shape index (κ2) is 4.51. The van der Waals surface area contributed by atoms with Crippen LogP contribution in [0.5, 0.6) is 0 Å². The molecule has 0 radical (unpaired) electrons. The standard InChI is InChI=1S/C11H14O2S/c1-7(2)14-10-6-8(3)4-5-9(10)11(12)13/h4-7H,1-3H3,(H,12,13). The van der Waals surface area contributed by atoms with Crippen LogP contribution in [0, 0.1) is 6.92 Å². The molecule has 0 fully saturated rings. The van der Waals surface area contributed by atoms with Crippen LogP contribution in [-0.4, -0.2) is 16.3 Å². The largest absolute Gasteiger partial charge is 0.478 e. The van der Waals surface area contributed by atoms with Gasteiger partial charge in [-0.3, -0.25) is 0 Å². The van der Waals surface area contributed by atoms with Crippen LogP contribution < -0.4 is 0 Å². The monoisotopic (exact) mass is 210 g/mol. The summed E-state index contributed by atoms with van der Waals surface area (Å²) in [6.45, 7) is 6.08. The van der Waals surface area contributed by atoms with Crippen LogP contribution >= 0.6 is 11.8 Å². The molecule has 0 amide bonds. The lowest BCUT2D eigenvalue weighted by Gasteiger charge is -2.08. The predicted octanol–water partition coefficient (Wildman–Crippen LogP) is 3.19. The fourth-order valence-electron chi connectivity index (χ4n) is 1.16. The molecule has 0 aliphatic rings. The Morgan fingerprint density at radius 3 is 2.57 bits per heavy atom. The lowest BCUT2D eigenvalue weighted by Crippen LogP contribution is -2.00. The molecule has 0 aliphatic carbocycles. The second-order valence-electron chi connectivity index (χ2n) is 3.47. The summed E-state index contributed by atoms with van der Waals surface area (Å²) in [6, 6.07) is 5.42. The number of carboxylic acids is 1. The summed E-state index contributed by atoms with van der Waals surface area (Å²) in [4.78, 5) is 11.8. The number of rotatable bonds is 3. The van der Waals surface area contributed by atoms with Gasteiger partial charge in [-0.1, -0.05) is 19.9 Å². The molecule has 0 aliphatic heterocycles. The molecule has 0 bridgehead atoms. The van der Waals surface area contributed by atoms with Crippen molar-refractivity contribution >= 4 is 17.7 Å². The van der Waals surface area contributed by atoms with Gasteiger partial charge in [-0.25, -0.2) is 4.79 Å². The normalized spacial score (nSPS) is 10.6. The van der Waals surface area contributed by atoms with Crippen LogP contribution in [0.1, 0.15) is 29.8 Å². The van der Waals surface area contributed by atoms with Crippen molar-refractivity contribution in [2.24, 2.45) is 0 Å². The highest BCUT2D eigenvalue weighted by atomic mass is 32.2. The minimum atomic E-state index is -0.854. The number of hydrogen-bond donors (Lipinski definition) is 1. The topological polar surface area (TPSA) is 37.3 Å². The fraction of sp³-hybridized carbons (Fsp3) is 0.364. The third-order valence-electron chi connectivity index (χ3n) is 1.73. The summed E-state index contributed by atoms with van der Waals surface area (Å²) in [5, 5.41) is 9.35. The molecule has 0 saturated carbocycles. The molecular formula is C11H14O2S. The van der Waals surface area contributed by atoms with Gasteiger partial charge in [0.25, 0.3) is 0 Å². The summed E-state index contributed by atoms with van der Waals surface area (Å²) >= 11 is 1.59. The van der Waals surface area contributed by atoms with Crippen molar-refractivity contribution in [3.8, 4) is 0 Å². The molecule has 0 heterocycles. The molecule has 3 heteroatoms. The van der Waals surface area contributed by atoms with Gasteiger partial charge in [-0.2, -0.15) is 0 Å². The van der Waals surface area contributed by atoms with Crippen LogP contribution in [0.3, 0.4) is 0 Å². The molecule has 0 aromatic heterocycles. The van der Waals surface area contributed by atoms with E-state index in [-0.39, 0.29) is 0 Å². The summed E-state index contributed by atoms with van der Waals surface area (Å²) < 4.78 is 0. The molecule has 0 saturated heterocycles. The fourth-order valence-corrected chi connectivity index (χ4v) is 2.20. The maximum atomic E-state index is 10.9. The van der Waals surface area contributed by atoms with Gasteiger partial charge in [0, 0.05) is 10.1 Å². The van der Waals surface area contributed by atoms with Gasteiger partial charge in [0.15, 0.2) is 0 Å². The quantitative estimate of drug-likeness (QED) is 0.778. The lowest BCUT2D eigenvalue weighted by molar-refractivity contribution is 0.0693. The SMILES string of the molecule is Cc1ccc(C(=O)O)c(SC(C)C)c1. The van der Waals surface area contributed by atoms with Crippen molar-refractivity contribution in [1.82, 2.24) is 0 Å². The first-order chi connectivity index (χ1) is 6.50. The first kappa shape index (κ1) is 11.1. The van der Waals surface area contributed by atoms with Crippen LogP contribution in [0.15, 0.2) is 23.1 Å². The van der Waals surface area contributed by atoms with E-state index < -0.39 is 5.97 Å². The molecule has 0 atom stereocenters. The average molecular weight is 210 g/mol. The van der Waals surface area contributed by atoms with Gasteiger partial charge in [-0.15, -0.1) is 11.8 Å². The maximum absolute atomic E-state index is 10.9. The molecule has 1 rings (SSSR count). The van der Waals surface area contributed by atoms with E-state index in [4.69, 9.17) is 5.11 Å². The average Bonchev–Trinajstić information content (AvgIpc) is 2.01. The molecule has 1 aromatic rings. The summed E-state index contributed by atoms with van der Waals surface area (Å²) in [6.07, 6.45) is 0. The van der Waals surface area contributed by atoms with E-state index in [2.05, 4.69) is 13.8 Å². The predicted molar refractivity (Wildman–Crippen MR) is 59.1 cm³/mol. The van der Waals surface area contributed by atoms with E-state index in [0.29, 0.717) is 10.8 Å². The second-order valence-corrected chi connectivity index (χ2v) is 5.09. The molecule has 14 heavy (non-hydrogen) atoms. The van der Waals surface area contributed by atoms with E-state index in [0.717, 1.165) is 10.5 Å². The Morgan fingerprint density at radius 2 is 2.07 bits per heavy atom. The Morgan fingerprint density at radius 1 is 1.43 bits per heavy atom. The first-order valence-electron chi connectivity index (χ1n) is 4.51. The van der Waals surface area contributed by atoms with E-state index in [9.17, 15) is 4.79 Å². The summed E-state index contributed by atoms with van der Waals surface area (Å²) in [5.41, 5.74) is 1.49. The number of carbonyl (C=O) groups is 1. The first-order valence-corrected chi connectivity index (χ1v) is 5.39. The minimum absolute atomic E-state index is 0.397. The van der Waals surface area contributed by atoms with Crippen LogP contribution in [0.25, 0.3) is 0 Å². The number of benzene rings is 1.